The van der Waals surface area contributed by atoms with Gasteiger partial charge < -0.3 is 19.4 Å². The fourth-order valence-corrected chi connectivity index (χ4v) is 5.35. The van der Waals surface area contributed by atoms with Crippen LogP contribution in [-0.4, -0.2) is 37.8 Å². The number of nitrogens with one attached hydrogen (secondary N) is 1. The number of thioether (sulfide) groups is 1. The van der Waals surface area contributed by atoms with E-state index >= 15 is 0 Å². The lowest BCUT2D eigenvalue weighted by molar-refractivity contribution is -0.113. The smallest absolute Gasteiger partial charge is 0.284 e. The van der Waals surface area contributed by atoms with Gasteiger partial charge in [-0.3, -0.25) is 9.59 Å². The lowest BCUT2D eigenvalue weighted by Crippen LogP contribution is -2.20. The summed E-state index contributed by atoms with van der Waals surface area (Å²) in [5.41, 5.74) is 2.73. The maximum atomic E-state index is 13.3. The molecule has 0 fully saturated rings. The summed E-state index contributed by atoms with van der Waals surface area (Å²) < 4.78 is 14.2. The summed E-state index contributed by atoms with van der Waals surface area (Å²) in [7, 11) is 0. The number of fused-ring (bicyclic) bond motifs is 4. The number of hydrogen-bond acceptors (Lipinski definition) is 7. The molecule has 0 aliphatic carbocycles. The monoisotopic (exact) mass is 489 g/mol. The third kappa shape index (κ3) is 4.14. The SMILES string of the molecule is O=C(CSc1nc2nn(-c3ccccc3)c(=O)c-2c2n1CCCCC2)Nc1ccc2c(c1)OCO2. The first-order valence-corrected chi connectivity index (χ1v) is 12.6. The molecule has 10 heteroatoms. The zero-order chi connectivity index (χ0) is 23.8. The highest BCUT2D eigenvalue weighted by Gasteiger charge is 2.27. The molecule has 0 saturated carbocycles. The maximum Gasteiger partial charge on any atom is 0.284 e. The number of nitrogens with zero attached hydrogens (tertiary/aromatic N) is 4. The highest BCUT2D eigenvalue weighted by molar-refractivity contribution is 7.99. The number of anilines is 1. The van der Waals surface area contributed by atoms with Crippen LogP contribution in [0.2, 0.25) is 0 Å². The Labute approximate surface area is 205 Å². The Kier molecular flexibility index (Phi) is 5.65. The molecule has 35 heavy (non-hydrogen) atoms. The van der Waals surface area contributed by atoms with Crippen LogP contribution in [-0.2, 0) is 17.8 Å². The maximum absolute atomic E-state index is 13.3. The van der Waals surface area contributed by atoms with Crippen LogP contribution in [0.3, 0.4) is 0 Å². The summed E-state index contributed by atoms with van der Waals surface area (Å²) in [6, 6.07) is 14.7. The molecule has 1 amide bonds. The van der Waals surface area contributed by atoms with Gasteiger partial charge in [-0.1, -0.05) is 36.4 Å². The molecule has 0 radical (unpaired) electrons. The topological polar surface area (TPSA) is 100 Å². The number of carbonyl (C=O) groups excluding carboxylic acids is 1. The van der Waals surface area contributed by atoms with E-state index in [1.807, 2.05) is 30.3 Å². The van der Waals surface area contributed by atoms with Crippen LogP contribution in [0, 0.1) is 0 Å². The number of amides is 1. The van der Waals surface area contributed by atoms with Crippen molar-refractivity contribution in [1.29, 1.82) is 0 Å². The fraction of sp³-hybridized carbons (Fsp3) is 0.280. The zero-order valence-electron chi connectivity index (χ0n) is 18.9. The fourth-order valence-electron chi connectivity index (χ4n) is 4.51. The second-order valence-electron chi connectivity index (χ2n) is 8.46. The predicted molar refractivity (Wildman–Crippen MR) is 132 cm³/mol. The van der Waals surface area contributed by atoms with Gasteiger partial charge in [0.1, 0.15) is 5.56 Å². The number of benzene rings is 2. The summed E-state index contributed by atoms with van der Waals surface area (Å²) in [5.74, 6) is 1.73. The van der Waals surface area contributed by atoms with E-state index in [9.17, 15) is 9.59 Å². The van der Waals surface area contributed by atoms with Gasteiger partial charge in [-0.05, 0) is 43.5 Å². The van der Waals surface area contributed by atoms with E-state index < -0.39 is 0 Å². The normalized spacial score (nSPS) is 14.5. The molecule has 0 saturated heterocycles. The molecular formula is C25H23N5O4S. The standard InChI is InChI=1S/C25H23N5O4S/c31-21(26-16-10-11-19-20(13-16)34-15-33-19)14-35-25-27-23-22(18-9-5-2-6-12-29(18)25)24(32)30(28-23)17-7-3-1-4-8-17/h1,3-4,7-8,10-11,13H,2,5-6,9,12,14-15H2,(H,26,31). The molecule has 0 spiro atoms. The minimum absolute atomic E-state index is 0.151. The van der Waals surface area contributed by atoms with Gasteiger partial charge in [0.25, 0.3) is 5.56 Å². The van der Waals surface area contributed by atoms with Crippen LogP contribution in [0.1, 0.15) is 25.0 Å². The van der Waals surface area contributed by atoms with Crippen LogP contribution in [0.25, 0.3) is 17.1 Å². The molecule has 0 bridgehead atoms. The predicted octanol–water partition coefficient (Wildman–Crippen LogP) is 3.72. The Morgan fingerprint density at radius 2 is 1.91 bits per heavy atom. The summed E-state index contributed by atoms with van der Waals surface area (Å²) in [6.07, 6.45) is 3.87. The van der Waals surface area contributed by atoms with Gasteiger partial charge in [-0.15, -0.1) is 5.10 Å². The van der Waals surface area contributed by atoms with Crippen molar-refractivity contribution in [3.63, 3.8) is 0 Å². The summed E-state index contributed by atoms with van der Waals surface area (Å²) in [6.45, 7) is 0.949. The van der Waals surface area contributed by atoms with Gasteiger partial charge in [0, 0.05) is 24.0 Å². The molecule has 2 aromatic rings. The molecule has 0 aromatic heterocycles. The van der Waals surface area contributed by atoms with Crippen LogP contribution in [0.15, 0.2) is 58.5 Å². The minimum atomic E-state index is -0.155. The molecule has 178 valence electrons. The minimum Gasteiger partial charge on any atom is -0.454 e. The van der Waals surface area contributed by atoms with E-state index in [2.05, 4.69) is 15.0 Å². The Morgan fingerprint density at radius 1 is 1.06 bits per heavy atom. The van der Waals surface area contributed by atoms with E-state index in [1.165, 1.54) is 16.4 Å². The quantitative estimate of drug-likeness (QED) is 0.337. The number of aromatic nitrogens is 4. The molecule has 4 heterocycles. The molecule has 0 atom stereocenters. The van der Waals surface area contributed by atoms with Crippen molar-refractivity contribution in [2.24, 2.45) is 0 Å². The van der Waals surface area contributed by atoms with Crippen molar-refractivity contribution in [2.75, 3.05) is 17.9 Å². The molecular weight excluding hydrogens is 466 g/mol. The van der Waals surface area contributed by atoms with Crippen molar-refractivity contribution in [2.45, 2.75) is 37.4 Å². The number of hydrogen-bond donors (Lipinski definition) is 1. The highest BCUT2D eigenvalue weighted by atomic mass is 32.2. The van der Waals surface area contributed by atoms with Crippen LogP contribution in [0.5, 0.6) is 11.5 Å². The van der Waals surface area contributed by atoms with Gasteiger partial charge in [0.2, 0.25) is 12.7 Å². The first-order chi connectivity index (χ1) is 17.2. The lowest BCUT2D eigenvalue weighted by Gasteiger charge is -2.17. The van der Waals surface area contributed by atoms with E-state index in [0.717, 1.165) is 37.9 Å². The number of ether oxygens (including phenoxy) is 2. The third-order valence-electron chi connectivity index (χ3n) is 6.16. The molecule has 4 aliphatic heterocycles. The van der Waals surface area contributed by atoms with E-state index in [-0.39, 0.29) is 24.0 Å². The van der Waals surface area contributed by atoms with Crippen molar-refractivity contribution in [1.82, 2.24) is 19.3 Å². The second-order valence-corrected chi connectivity index (χ2v) is 9.40. The van der Waals surface area contributed by atoms with E-state index in [1.54, 1.807) is 18.2 Å². The number of carbonyl (C=O) groups is 1. The molecule has 1 N–H and O–H groups in total. The van der Waals surface area contributed by atoms with Gasteiger partial charge in [-0.25, -0.2) is 4.98 Å². The van der Waals surface area contributed by atoms with E-state index in [0.29, 0.717) is 39.4 Å². The average molecular weight is 490 g/mol. The van der Waals surface area contributed by atoms with Gasteiger partial charge >= 0.3 is 0 Å². The van der Waals surface area contributed by atoms with E-state index in [4.69, 9.17) is 14.5 Å². The van der Waals surface area contributed by atoms with Crippen molar-refractivity contribution in [3.8, 4) is 28.6 Å². The molecule has 6 rings (SSSR count). The van der Waals surface area contributed by atoms with Gasteiger partial charge in [0.15, 0.2) is 22.5 Å². The number of rotatable bonds is 5. The zero-order valence-corrected chi connectivity index (χ0v) is 19.7. The van der Waals surface area contributed by atoms with Gasteiger partial charge in [0.05, 0.1) is 11.4 Å². The largest absolute Gasteiger partial charge is 0.454 e. The summed E-state index contributed by atoms with van der Waals surface area (Å²) in [4.78, 5) is 30.8. The Hall–Kier alpha value is -3.79. The van der Waals surface area contributed by atoms with Crippen LogP contribution < -0.4 is 20.3 Å². The van der Waals surface area contributed by atoms with Crippen molar-refractivity contribution in [3.05, 3.63) is 64.6 Å². The Morgan fingerprint density at radius 3 is 2.80 bits per heavy atom. The van der Waals surface area contributed by atoms with Crippen LogP contribution in [0.4, 0.5) is 5.69 Å². The van der Waals surface area contributed by atoms with Crippen molar-refractivity contribution < 1.29 is 14.3 Å². The second kappa shape index (κ2) is 9.10. The number of para-hydroxylation sites is 1. The third-order valence-corrected chi connectivity index (χ3v) is 7.13. The molecule has 9 nitrogen and oxygen atoms in total. The Bertz CT molecular complexity index is 1430. The van der Waals surface area contributed by atoms with Crippen molar-refractivity contribution >= 4 is 23.4 Å². The Balaban J connectivity index is 1.29. The molecule has 2 aromatic carbocycles. The highest BCUT2D eigenvalue weighted by Crippen LogP contribution is 2.34. The summed E-state index contributed by atoms with van der Waals surface area (Å²) >= 11 is 1.36. The van der Waals surface area contributed by atoms with Gasteiger partial charge in [-0.2, -0.15) is 4.68 Å². The first-order valence-electron chi connectivity index (χ1n) is 11.6. The molecule has 4 aliphatic rings. The lowest BCUT2D eigenvalue weighted by atomic mass is 10.1. The average Bonchev–Trinajstić information content (AvgIpc) is 3.38. The summed E-state index contributed by atoms with van der Waals surface area (Å²) in [5, 5.41) is 8.16. The van der Waals surface area contributed by atoms with Crippen LogP contribution >= 0.6 is 11.8 Å². The molecule has 0 unspecified atom stereocenters. The first kappa shape index (κ1) is 21.7.